The van der Waals surface area contributed by atoms with Crippen LogP contribution in [0.2, 0.25) is 0 Å². The van der Waals surface area contributed by atoms with Gasteiger partial charge in [-0.3, -0.25) is 9.59 Å². The second-order valence-electron chi connectivity index (χ2n) is 6.41. The summed E-state index contributed by atoms with van der Waals surface area (Å²) in [7, 11) is -2.85. The number of carbonyl (C=O) groups is 2. The van der Waals surface area contributed by atoms with Crippen LogP contribution in [0.5, 0.6) is 5.75 Å². The highest BCUT2D eigenvalue weighted by Gasteiger charge is 2.29. The number of amides is 2. The number of anilines is 2. The molecule has 0 bridgehead atoms. The SMILES string of the molecule is CC(=O)Nc1ccc(S(=O)(=O)N(C)CC(=O)Nc2ccccc2OCC(F)(F)F)cc1. The van der Waals surface area contributed by atoms with Crippen LogP contribution in [0.25, 0.3) is 0 Å². The average molecular weight is 459 g/mol. The first-order chi connectivity index (χ1) is 14.4. The van der Waals surface area contributed by atoms with Gasteiger partial charge in [-0.2, -0.15) is 17.5 Å². The zero-order valence-corrected chi connectivity index (χ0v) is 17.4. The smallest absolute Gasteiger partial charge is 0.422 e. The van der Waals surface area contributed by atoms with Gasteiger partial charge in [0.25, 0.3) is 0 Å². The molecule has 0 aliphatic rings. The van der Waals surface area contributed by atoms with E-state index < -0.39 is 35.3 Å². The van der Waals surface area contributed by atoms with E-state index in [1.807, 2.05) is 0 Å². The molecule has 0 aromatic heterocycles. The molecule has 12 heteroatoms. The highest BCUT2D eigenvalue weighted by molar-refractivity contribution is 7.89. The van der Waals surface area contributed by atoms with E-state index in [1.165, 1.54) is 62.5 Å². The number of nitrogens with zero attached hydrogens (tertiary/aromatic N) is 1. The summed E-state index contributed by atoms with van der Waals surface area (Å²) in [5.41, 5.74) is 0.379. The van der Waals surface area contributed by atoms with Crippen molar-refractivity contribution in [3.8, 4) is 5.75 Å². The van der Waals surface area contributed by atoms with Crippen LogP contribution in [0.15, 0.2) is 53.4 Å². The maximum atomic E-state index is 12.6. The van der Waals surface area contributed by atoms with Crippen LogP contribution in [-0.4, -0.2) is 50.9 Å². The number of carbonyl (C=O) groups excluding carboxylic acids is 2. The Bertz CT molecular complexity index is 1040. The normalized spacial score (nSPS) is 11.8. The Morgan fingerprint density at radius 3 is 2.23 bits per heavy atom. The first kappa shape index (κ1) is 24.2. The maximum Gasteiger partial charge on any atom is 0.422 e. The van der Waals surface area contributed by atoms with Crippen molar-refractivity contribution in [3.63, 3.8) is 0 Å². The Hall–Kier alpha value is -3.12. The van der Waals surface area contributed by atoms with Crippen molar-refractivity contribution < 1.29 is 35.9 Å². The molecule has 0 aliphatic carbocycles. The van der Waals surface area contributed by atoms with E-state index in [-0.39, 0.29) is 22.2 Å². The molecule has 0 unspecified atom stereocenters. The van der Waals surface area contributed by atoms with Gasteiger partial charge < -0.3 is 15.4 Å². The average Bonchev–Trinajstić information content (AvgIpc) is 2.66. The topological polar surface area (TPSA) is 105 Å². The van der Waals surface area contributed by atoms with Gasteiger partial charge in [0.1, 0.15) is 5.75 Å². The molecule has 31 heavy (non-hydrogen) atoms. The van der Waals surface area contributed by atoms with Crippen molar-refractivity contribution >= 4 is 33.2 Å². The van der Waals surface area contributed by atoms with Gasteiger partial charge in [-0.15, -0.1) is 0 Å². The molecule has 0 heterocycles. The number of nitrogens with one attached hydrogen (secondary N) is 2. The summed E-state index contributed by atoms with van der Waals surface area (Å²) in [6, 6.07) is 10.8. The lowest BCUT2D eigenvalue weighted by Crippen LogP contribution is -2.35. The molecule has 0 spiro atoms. The fourth-order valence-electron chi connectivity index (χ4n) is 2.43. The summed E-state index contributed by atoms with van der Waals surface area (Å²) in [5, 5.41) is 4.85. The third kappa shape index (κ3) is 7.26. The van der Waals surface area contributed by atoms with Gasteiger partial charge in [-0.05, 0) is 36.4 Å². The highest BCUT2D eigenvalue weighted by atomic mass is 32.2. The van der Waals surface area contributed by atoms with Crippen molar-refractivity contribution in [2.24, 2.45) is 0 Å². The van der Waals surface area contributed by atoms with Crippen LogP contribution < -0.4 is 15.4 Å². The maximum absolute atomic E-state index is 12.6. The lowest BCUT2D eigenvalue weighted by Gasteiger charge is -2.18. The molecule has 2 aromatic carbocycles. The summed E-state index contributed by atoms with van der Waals surface area (Å²) >= 11 is 0. The van der Waals surface area contributed by atoms with E-state index in [1.54, 1.807) is 0 Å². The zero-order chi connectivity index (χ0) is 23.2. The van der Waals surface area contributed by atoms with Crippen LogP contribution in [0.1, 0.15) is 6.92 Å². The Morgan fingerprint density at radius 1 is 1.03 bits per heavy atom. The molecule has 0 atom stereocenters. The Kier molecular flexibility index (Phi) is 7.63. The number of likely N-dealkylation sites (N-methyl/N-ethyl adjacent to an activating group) is 1. The predicted molar refractivity (Wildman–Crippen MR) is 107 cm³/mol. The second kappa shape index (κ2) is 9.79. The van der Waals surface area contributed by atoms with Crippen molar-refractivity contribution in [3.05, 3.63) is 48.5 Å². The first-order valence-electron chi connectivity index (χ1n) is 8.81. The summed E-state index contributed by atoms with van der Waals surface area (Å²) < 4.78 is 67.9. The van der Waals surface area contributed by atoms with Gasteiger partial charge in [-0.25, -0.2) is 8.42 Å². The van der Waals surface area contributed by atoms with Crippen LogP contribution >= 0.6 is 0 Å². The summed E-state index contributed by atoms with van der Waals surface area (Å²) in [6.07, 6.45) is -4.55. The number of alkyl halides is 3. The Morgan fingerprint density at radius 2 is 1.65 bits per heavy atom. The third-order valence-corrected chi connectivity index (χ3v) is 5.62. The van der Waals surface area contributed by atoms with Crippen LogP contribution in [0.4, 0.5) is 24.5 Å². The number of sulfonamides is 1. The van der Waals surface area contributed by atoms with E-state index in [0.29, 0.717) is 5.69 Å². The molecule has 2 N–H and O–H groups in total. The van der Waals surface area contributed by atoms with Gasteiger partial charge in [0.05, 0.1) is 17.1 Å². The Balaban J connectivity index is 2.06. The van der Waals surface area contributed by atoms with E-state index >= 15 is 0 Å². The highest BCUT2D eigenvalue weighted by Crippen LogP contribution is 2.26. The molecule has 168 valence electrons. The largest absolute Gasteiger partial charge is 0.482 e. The standard InChI is InChI=1S/C19H20F3N3O5S/c1-13(26)23-14-7-9-15(10-8-14)31(28,29)25(2)11-18(27)24-16-5-3-4-6-17(16)30-12-19(20,21)22/h3-10H,11-12H2,1-2H3,(H,23,26)(H,24,27). The third-order valence-electron chi connectivity index (χ3n) is 3.80. The molecule has 0 radical (unpaired) electrons. The van der Waals surface area contributed by atoms with Gasteiger partial charge >= 0.3 is 6.18 Å². The summed E-state index contributed by atoms with van der Waals surface area (Å²) in [6.45, 7) is -0.824. The molecule has 0 aliphatic heterocycles. The van der Waals surface area contributed by atoms with Crippen molar-refractivity contribution in [1.82, 2.24) is 4.31 Å². The van der Waals surface area contributed by atoms with E-state index in [0.717, 1.165) is 4.31 Å². The Labute approximate surface area is 177 Å². The van der Waals surface area contributed by atoms with Crippen LogP contribution in [0.3, 0.4) is 0 Å². The number of benzene rings is 2. The lowest BCUT2D eigenvalue weighted by molar-refractivity contribution is -0.153. The van der Waals surface area contributed by atoms with Gasteiger partial charge in [0.15, 0.2) is 6.61 Å². The fraction of sp³-hybridized carbons (Fsp3) is 0.263. The number of ether oxygens (including phenoxy) is 1. The molecule has 8 nitrogen and oxygen atoms in total. The summed E-state index contributed by atoms with van der Waals surface area (Å²) in [5.74, 6) is -1.29. The fourth-order valence-corrected chi connectivity index (χ4v) is 3.55. The molecule has 0 saturated carbocycles. The summed E-state index contributed by atoms with van der Waals surface area (Å²) in [4.78, 5) is 23.2. The van der Waals surface area contributed by atoms with Crippen molar-refractivity contribution in [2.75, 3.05) is 30.8 Å². The van der Waals surface area contributed by atoms with E-state index in [2.05, 4.69) is 15.4 Å². The number of halogens is 3. The monoisotopic (exact) mass is 459 g/mol. The molecule has 0 fully saturated rings. The molecular weight excluding hydrogens is 439 g/mol. The zero-order valence-electron chi connectivity index (χ0n) is 16.6. The second-order valence-corrected chi connectivity index (χ2v) is 8.46. The molecule has 0 saturated heterocycles. The van der Waals surface area contributed by atoms with Crippen LogP contribution in [-0.2, 0) is 19.6 Å². The minimum Gasteiger partial charge on any atom is -0.482 e. The van der Waals surface area contributed by atoms with E-state index in [4.69, 9.17) is 0 Å². The van der Waals surface area contributed by atoms with Gasteiger partial charge in [0, 0.05) is 19.7 Å². The first-order valence-corrected chi connectivity index (χ1v) is 10.2. The number of hydrogen-bond donors (Lipinski definition) is 2. The van der Waals surface area contributed by atoms with Gasteiger partial charge in [0.2, 0.25) is 21.8 Å². The van der Waals surface area contributed by atoms with Crippen LogP contribution in [0, 0.1) is 0 Å². The number of hydrogen-bond acceptors (Lipinski definition) is 5. The molecular formula is C19H20F3N3O5S. The minimum atomic E-state index is -4.55. The van der Waals surface area contributed by atoms with Crippen molar-refractivity contribution in [1.29, 1.82) is 0 Å². The lowest BCUT2D eigenvalue weighted by atomic mass is 10.3. The van der Waals surface area contributed by atoms with E-state index in [9.17, 15) is 31.2 Å². The molecule has 2 rings (SSSR count). The molecule has 2 aromatic rings. The molecule has 2 amide bonds. The number of para-hydroxylation sites is 2. The predicted octanol–water partition coefficient (Wildman–Crippen LogP) is 2.85. The number of rotatable bonds is 8. The minimum absolute atomic E-state index is 0.0257. The van der Waals surface area contributed by atoms with Gasteiger partial charge in [-0.1, -0.05) is 12.1 Å². The quantitative estimate of drug-likeness (QED) is 0.632. The van der Waals surface area contributed by atoms with Crippen molar-refractivity contribution in [2.45, 2.75) is 18.0 Å².